The Labute approximate surface area is 212 Å². The molecular formula is C27H25ClN6O2. The number of aryl methyl sites for hydroxylation is 2. The molecule has 9 heteroatoms. The summed E-state index contributed by atoms with van der Waals surface area (Å²) in [5.41, 5.74) is 3.30. The third kappa shape index (κ3) is 4.43. The Bertz CT molecular complexity index is 1600. The minimum atomic E-state index is -0.243. The zero-order valence-electron chi connectivity index (χ0n) is 20.0. The summed E-state index contributed by atoms with van der Waals surface area (Å²) in [7, 11) is 0. The second-order valence-electron chi connectivity index (χ2n) is 8.56. The quantitative estimate of drug-likeness (QED) is 0.338. The molecular weight excluding hydrogens is 476 g/mol. The molecule has 0 radical (unpaired) electrons. The number of hydrogen-bond acceptors (Lipinski definition) is 4. The molecule has 3 heterocycles. The smallest absolute Gasteiger partial charge is 0.280 e. The van der Waals surface area contributed by atoms with Crippen LogP contribution >= 0.6 is 11.6 Å². The summed E-state index contributed by atoms with van der Waals surface area (Å²) in [5, 5.41) is 13.2. The van der Waals surface area contributed by atoms with Crippen LogP contribution in [0.3, 0.4) is 0 Å². The minimum absolute atomic E-state index is 0.142. The van der Waals surface area contributed by atoms with E-state index in [1.54, 1.807) is 16.8 Å². The molecule has 5 rings (SSSR count). The number of aromatic nitrogens is 5. The number of amides is 1. The summed E-state index contributed by atoms with van der Waals surface area (Å²) in [4.78, 5) is 26.1. The maximum atomic E-state index is 13.6. The number of benzene rings is 2. The largest absolute Gasteiger partial charge is 0.326 e. The van der Waals surface area contributed by atoms with Crippen molar-refractivity contribution in [2.75, 3.05) is 5.32 Å². The van der Waals surface area contributed by atoms with Crippen LogP contribution in [0.1, 0.15) is 24.1 Å². The zero-order valence-corrected chi connectivity index (χ0v) is 20.7. The fraction of sp³-hybridized carbons (Fsp3) is 0.185. The number of anilines is 1. The van der Waals surface area contributed by atoms with Gasteiger partial charge in [-0.05, 0) is 62.2 Å². The van der Waals surface area contributed by atoms with Crippen LogP contribution in [-0.4, -0.2) is 30.0 Å². The van der Waals surface area contributed by atoms with Gasteiger partial charge in [0.25, 0.3) is 5.56 Å². The Morgan fingerprint density at radius 3 is 2.47 bits per heavy atom. The molecule has 8 nitrogen and oxygen atoms in total. The first kappa shape index (κ1) is 23.6. The van der Waals surface area contributed by atoms with Crippen molar-refractivity contribution in [3.63, 3.8) is 0 Å². The standard InChI is InChI=1S/C27H25ClN6O2/c1-18-21(28)12-8-13-22(18)29-23(35)14-9-17-33-27(36)24-25(19(2)30-33)31-34(20-10-4-3-5-11-20)26(24)32-15-6-7-16-32/h3-8,10-13,15-16H,9,14,17H2,1-2H3,(H,29,35). The molecule has 0 bridgehead atoms. The summed E-state index contributed by atoms with van der Waals surface area (Å²) >= 11 is 6.15. The molecule has 0 saturated heterocycles. The van der Waals surface area contributed by atoms with Crippen molar-refractivity contribution in [1.29, 1.82) is 0 Å². The summed E-state index contributed by atoms with van der Waals surface area (Å²) < 4.78 is 5.08. The van der Waals surface area contributed by atoms with Gasteiger partial charge in [0, 0.05) is 36.1 Å². The molecule has 182 valence electrons. The van der Waals surface area contributed by atoms with E-state index in [1.807, 2.05) is 79.3 Å². The van der Waals surface area contributed by atoms with Crippen molar-refractivity contribution in [2.45, 2.75) is 33.2 Å². The maximum Gasteiger partial charge on any atom is 0.280 e. The number of hydrogen-bond donors (Lipinski definition) is 1. The molecule has 0 spiro atoms. The number of rotatable bonds is 7. The average molecular weight is 501 g/mol. The molecule has 5 aromatic rings. The number of carbonyl (C=O) groups is 1. The van der Waals surface area contributed by atoms with Crippen molar-refractivity contribution in [2.24, 2.45) is 0 Å². The Balaban J connectivity index is 1.45. The SMILES string of the molecule is Cc1c(Cl)cccc1NC(=O)CCCn1nc(C)c2nn(-c3ccccc3)c(-n3cccc3)c2c1=O. The lowest BCUT2D eigenvalue weighted by Gasteiger charge is -2.10. The number of para-hydroxylation sites is 1. The summed E-state index contributed by atoms with van der Waals surface area (Å²) in [5.74, 6) is 0.510. The van der Waals surface area contributed by atoms with Crippen LogP contribution in [0.5, 0.6) is 0 Å². The van der Waals surface area contributed by atoms with E-state index in [2.05, 4.69) is 10.4 Å². The minimum Gasteiger partial charge on any atom is -0.326 e. The molecule has 1 amide bonds. The Morgan fingerprint density at radius 2 is 1.72 bits per heavy atom. The van der Waals surface area contributed by atoms with Crippen LogP contribution in [0, 0.1) is 13.8 Å². The lowest BCUT2D eigenvalue weighted by Crippen LogP contribution is -2.25. The van der Waals surface area contributed by atoms with E-state index in [0.717, 1.165) is 11.3 Å². The molecule has 1 N–H and O–H groups in total. The van der Waals surface area contributed by atoms with Crippen LogP contribution < -0.4 is 10.9 Å². The van der Waals surface area contributed by atoms with Crippen molar-refractivity contribution < 1.29 is 4.79 Å². The van der Waals surface area contributed by atoms with Crippen LogP contribution in [0.25, 0.3) is 22.4 Å². The van der Waals surface area contributed by atoms with Crippen LogP contribution in [-0.2, 0) is 11.3 Å². The molecule has 0 atom stereocenters. The summed E-state index contributed by atoms with van der Waals surface area (Å²) in [6, 6.07) is 18.9. The molecule has 36 heavy (non-hydrogen) atoms. The van der Waals surface area contributed by atoms with Crippen molar-refractivity contribution >= 4 is 34.1 Å². The van der Waals surface area contributed by atoms with Gasteiger partial charge in [0.1, 0.15) is 10.9 Å². The molecule has 0 unspecified atom stereocenters. The van der Waals surface area contributed by atoms with Gasteiger partial charge in [0.2, 0.25) is 5.91 Å². The van der Waals surface area contributed by atoms with Crippen molar-refractivity contribution in [1.82, 2.24) is 24.1 Å². The monoisotopic (exact) mass is 500 g/mol. The fourth-order valence-corrected chi connectivity index (χ4v) is 4.40. The first-order valence-corrected chi connectivity index (χ1v) is 12.1. The highest BCUT2D eigenvalue weighted by molar-refractivity contribution is 6.31. The van der Waals surface area contributed by atoms with Gasteiger partial charge in [0.05, 0.1) is 11.4 Å². The molecule has 3 aromatic heterocycles. The van der Waals surface area contributed by atoms with E-state index in [1.165, 1.54) is 4.68 Å². The van der Waals surface area contributed by atoms with Gasteiger partial charge in [-0.1, -0.05) is 35.9 Å². The summed E-state index contributed by atoms with van der Waals surface area (Å²) in [6.07, 6.45) is 4.47. The highest BCUT2D eigenvalue weighted by Crippen LogP contribution is 2.25. The van der Waals surface area contributed by atoms with Crippen LogP contribution in [0.4, 0.5) is 5.69 Å². The van der Waals surface area contributed by atoms with Gasteiger partial charge in [-0.25, -0.2) is 9.36 Å². The van der Waals surface area contributed by atoms with Crippen molar-refractivity contribution in [3.05, 3.63) is 99.7 Å². The van der Waals surface area contributed by atoms with Gasteiger partial charge in [-0.15, -0.1) is 0 Å². The van der Waals surface area contributed by atoms with Gasteiger partial charge in [-0.2, -0.15) is 10.2 Å². The molecule has 2 aromatic carbocycles. The molecule has 0 aliphatic heterocycles. The highest BCUT2D eigenvalue weighted by atomic mass is 35.5. The van der Waals surface area contributed by atoms with E-state index in [9.17, 15) is 9.59 Å². The Kier molecular flexibility index (Phi) is 6.43. The summed E-state index contributed by atoms with van der Waals surface area (Å²) in [6.45, 7) is 4.01. The van der Waals surface area contributed by atoms with E-state index in [-0.39, 0.29) is 17.9 Å². The fourth-order valence-electron chi connectivity index (χ4n) is 4.22. The predicted molar refractivity (Wildman–Crippen MR) is 141 cm³/mol. The molecule has 0 aliphatic rings. The van der Waals surface area contributed by atoms with Crippen molar-refractivity contribution in [3.8, 4) is 11.5 Å². The number of fused-ring (bicyclic) bond motifs is 1. The molecule has 0 aliphatic carbocycles. The van der Waals surface area contributed by atoms with Gasteiger partial charge >= 0.3 is 0 Å². The van der Waals surface area contributed by atoms with E-state index in [4.69, 9.17) is 16.7 Å². The number of nitrogens with zero attached hydrogens (tertiary/aromatic N) is 5. The Hall–Kier alpha value is -4.17. The van der Waals surface area contributed by atoms with Gasteiger partial charge < -0.3 is 9.88 Å². The van der Waals surface area contributed by atoms with Crippen LogP contribution in [0.15, 0.2) is 77.9 Å². The molecule has 0 fully saturated rings. The normalized spacial score (nSPS) is 11.2. The van der Waals surface area contributed by atoms with Crippen LogP contribution in [0.2, 0.25) is 5.02 Å². The maximum absolute atomic E-state index is 13.6. The number of carbonyl (C=O) groups excluding carboxylic acids is 1. The second-order valence-corrected chi connectivity index (χ2v) is 8.97. The van der Waals surface area contributed by atoms with E-state index < -0.39 is 0 Å². The first-order chi connectivity index (χ1) is 17.4. The third-order valence-electron chi connectivity index (χ3n) is 6.09. The third-order valence-corrected chi connectivity index (χ3v) is 6.50. The Morgan fingerprint density at radius 1 is 0.972 bits per heavy atom. The predicted octanol–water partition coefficient (Wildman–Crippen LogP) is 5.06. The van der Waals surface area contributed by atoms with E-state index >= 15 is 0 Å². The topological polar surface area (TPSA) is 86.7 Å². The lowest BCUT2D eigenvalue weighted by molar-refractivity contribution is -0.116. The second kappa shape index (κ2) is 9.83. The van der Waals surface area contributed by atoms with E-state index in [0.29, 0.717) is 46.1 Å². The highest BCUT2D eigenvalue weighted by Gasteiger charge is 2.21. The molecule has 0 saturated carbocycles. The lowest BCUT2D eigenvalue weighted by atomic mass is 10.2. The van der Waals surface area contributed by atoms with Gasteiger partial charge in [0.15, 0.2) is 5.82 Å². The van der Waals surface area contributed by atoms with Gasteiger partial charge in [-0.3, -0.25) is 9.59 Å². The zero-order chi connectivity index (χ0) is 25.2. The average Bonchev–Trinajstić information content (AvgIpc) is 3.54. The number of nitrogens with one attached hydrogen (secondary N) is 1. The number of halogens is 1. The first-order valence-electron chi connectivity index (χ1n) is 11.7.